The Labute approximate surface area is 383 Å². The predicted molar refractivity (Wildman–Crippen MR) is 281 cm³/mol. The zero-order chi connectivity index (χ0) is 43.6. The summed E-state index contributed by atoms with van der Waals surface area (Å²) in [7, 11) is 0. The summed E-state index contributed by atoms with van der Waals surface area (Å²) in [5.41, 5.74) is 16.2. The monoisotopic (exact) mass is 838 g/mol. The number of rotatable bonds is 8. The molecule has 308 valence electrons. The molecule has 66 heavy (non-hydrogen) atoms. The van der Waals surface area contributed by atoms with Crippen molar-refractivity contribution in [3.05, 3.63) is 255 Å². The largest absolute Gasteiger partial charge is 0.309 e. The molecule has 0 bridgehead atoms. The van der Waals surface area contributed by atoms with Crippen molar-refractivity contribution in [3.8, 4) is 50.2 Å². The van der Waals surface area contributed by atoms with Crippen LogP contribution in [0.25, 0.3) is 104 Å². The van der Waals surface area contributed by atoms with Gasteiger partial charge in [-0.25, -0.2) is 0 Å². The summed E-state index contributed by atoms with van der Waals surface area (Å²) >= 11 is 0. The lowest BCUT2D eigenvalue weighted by Crippen LogP contribution is -2.14. The van der Waals surface area contributed by atoms with E-state index >= 15 is 0 Å². The molecule has 0 radical (unpaired) electrons. The summed E-state index contributed by atoms with van der Waals surface area (Å²) in [6, 6.07) is 93.5. The van der Waals surface area contributed by atoms with Gasteiger partial charge in [-0.1, -0.05) is 212 Å². The highest BCUT2D eigenvalue weighted by molar-refractivity contribution is 6.28. The van der Waals surface area contributed by atoms with E-state index in [0.29, 0.717) is 0 Å². The second-order valence-electron chi connectivity index (χ2n) is 17.2. The second-order valence-corrected chi connectivity index (χ2v) is 17.2. The number of anilines is 3. The lowest BCUT2D eigenvalue weighted by molar-refractivity contribution is 1.20. The van der Waals surface area contributed by atoms with Crippen LogP contribution in [-0.2, 0) is 0 Å². The maximum atomic E-state index is 2.56. The van der Waals surface area contributed by atoms with Crippen LogP contribution in [-0.4, -0.2) is 4.57 Å². The van der Waals surface area contributed by atoms with E-state index in [0.717, 1.165) is 50.4 Å². The third-order valence-corrected chi connectivity index (χ3v) is 13.5. The van der Waals surface area contributed by atoms with Gasteiger partial charge in [0.1, 0.15) is 0 Å². The summed E-state index contributed by atoms with van der Waals surface area (Å²) in [6.45, 7) is 0. The van der Waals surface area contributed by atoms with Crippen molar-refractivity contribution in [3.63, 3.8) is 0 Å². The van der Waals surface area contributed by atoms with Gasteiger partial charge in [-0.2, -0.15) is 0 Å². The van der Waals surface area contributed by atoms with E-state index in [1.807, 2.05) is 0 Å². The highest BCUT2D eigenvalue weighted by Gasteiger charge is 2.26. The predicted octanol–water partition coefficient (Wildman–Crippen LogP) is 17.8. The minimum absolute atomic E-state index is 1.08. The molecule has 13 rings (SSSR count). The van der Waals surface area contributed by atoms with Crippen LogP contribution in [0.15, 0.2) is 255 Å². The Morgan fingerprint density at radius 1 is 0.288 bits per heavy atom. The van der Waals surface area contributed by atoms with Crippen LogP contribution in [0.5, 0.6) is 0 Å². The van der Waals surface area contributed by atoms with Gasteiger partial charge in [0.2, 0.25) is 0 Å². The molecule has 1 heterocycles. The Balaban J connectivity index is 1.15. The molecule has 0 saturated carbocycles. The first-order valence-electron chi connectivity index (χ1n) is 22.8. The van der Waals surface area contributed by atoms with Crippen LogP contribution in [0.3, 0.4) is 0 Å². The topological polar surface area (TPSA) is 8.17 Å². The van der Waals surface area contributed by atoms with E-state index in [2.05, 4.69) is 264 Å². The SMILES string of the molecule is c1ccc(-c2cc(-c3ccccc3)cc(N(c3c(-c4ccccc4)cccc3-c3ccccc3)c3ccc4ccc5c(-n6c7ccccc7c7ccccc76)ccc6ccc3c4c65)c2)cc1. The van der Waals surface area contributed by atoms with Crippen LogP contribution in [0.1, 0.15) is 0 Å². The Kier molecular flexibility index (Phi) is 8.89. The van der Waals surface area contributed by atoms with Crippen LogP contribution in [0, 0.1) is 0 Å². The van der Waals surface area contributed by atoms with Crippen LogP contribution < -0.4 is 4.90 Å². The number of aromatic nitrogens is 1. The fraction of sp³-hybridized carbons (Fsp3) is 0. The van der Waals surface area contributed by atoms with Crippen molar-refractivity contribution in [2.24, 2.45) is 0 Å². The smallest absolute Gasteiger partial charge is 0.0618 e. The molecule has 0 unspecified atom stereocenters. The Morgan fingerprint density at radius 3 is 1.27 bits per heavy atom. The molecule has 0 spiro atoms. The summed E-state index contributed by atoms with van der Waals surface area (Å²) < 4.78 is 2.46. The molecule has 12 aromatic carbocycles. The van der Waals surface area contributed by atoms with Gasteiger partial charge in [0.05, 0.1) is 28.1 Å². The average molecular weight is 839 g/mol. The van der Waals surface area contributed by atoms with Gasteiger partial charge >= 0.3 is 0 Å². The highest BCUT2D eigenvalue weighted by atomic mass is 15.1. The third kappa shape index (κ3) is 6.11. The van der Waals surface area contributed by atoms with Crippen molar-refractivity contribution in [1.29, 1.82) is 0 Å². The average Bonchev–Trinajstić information content (AvgIpc) is 3.73. The molecule has 2 nitrogen and oxygen atoms in total. The van der Waals surface area contributed by atoms with Crippen LogP contribution in [0.4, 0.5) is 17.1 Å². The number of benzene rings is 12. The van der Waals surface area contributed by atoms with Crippen molar-refractivity contribution >= 4 is 71.2 Å². The maximum absolute atomic E-state index is 2.56. The van der Waals surface area contributed by atoms with Crippen LogP contribution >= 0.6 is 0 Å². The van der Waals surface area contributed by atoms with Gasteiger partial charge in [-0.3, -0.25) is 0 Å². The van der Waals surface area contributed by atoms with Crippen molar-refractivity contribution in [2.75, 3.05) is 4.90 Å². The van der Waals surface area contributed by atoms with E-state index in [9.17, 15) is 0 Å². The molecule has 2 heteroatoms. The minimum Gasteiger partial charge on any atom is -0.309 e. The third-order valence-electron chi connectivity index (χ3n) is 13.5. The minimum atomic E-state index is 1.08. The van der Waals surface area contributed by atoms with Gasteiger partial charge in [-0.15, -0.1) is 0 Å². The first-order valence-corrected chi connectivity index (χ1v) is 22.8. The second kappa shape index (κ2) is 15.5. The first kappa shape index (κ1) is 37.8. The van der Waals surface area contributed by atoms with Crippen molar-refractivity contribution in [2.45, 2.75) is 0 Å². The van der Waals surface area contributed by atoms with E-state index < -0.39 is 0 Å². The zero-order valence-corrected chi connectivity index (χ0v) is 36.1. The number of hydrogen-bond donors (Lipinski definition) is 0. The Bertz CT molecular complexity index is 3740. The zero-order valence-electron chi connectivity index (χ0n) is 36.1. The summed E-state index contributed by atoms with van der Waals surface area (Å²) in [4.78, 5) is 2.56. The maximum Gasteiger partial charge on any atom is 0.0618 e. The molecule has 1 aromatic heterocycles. The van der Waals surface area contributed by atoms with Gasteiger partial charge < -0.3 is 9.47 Å². The fourth-order valence-electron chi connectivity index (χ4n) is 10.6. The lowest BCUT2D eigenvalue weighted by Gasteiger charge is -2.32. The summed E-state index contributed by atoms with van der Waals surface area (Å²) in [5, 5.41) is 9.92. The molecular formula is C64H42N2. The van der Waals surface area contributed by atoms with E-state index in [4.69, 9.17) is 0 Å². The number of hydrogen-bond acceptors (Lipinski definition) is 1. The van der Waals surface area contributed by atoms with Gasteiger partial charge in [0, 0.05) is 38.4 Å². The van der Waals surface area contributed by atoms with Gasteiger partial charge in [0.25, 0.3) is 0 Å². The first-order chi connectivity index (χ1) is 32.8. The molecule has 13 aromatic rings. The molecular weight excluding hydrogens is 797 g/mol. The molecule has 0 atom stereocenters. The Hall–Kier alpha value is -8.72. The number of nitrogens with zero attached hydrogens (tertiary/aromatic N) is 2. The van der Waals surface area contributed by atoms with Gasteiger partial charge in [-0.05, 0) is 97.4 Å². The molecule has 0 aliphatic carbocycles. The molecule has 0 saturated heterocycles. The van der Waals surface area contributed by atoms with Gasteiger partial charge in [0.15, 0.2) is 0 Å². The lowest BCUT2D eigenvalue weighted by atomic mass is 9.90. The van der Waals surface area contributed by atoms with E-state index in [1.165, 1.54) is 70.9 Å². The standard InChI is InChI=1S/C64H42N2/c1-5-18-43(19-6-1)49-40-50(44-20-7-2-8-21-44)42-51(41-49)65(64-52(45-22-9-3-10-23-45)28-17-29-53(64)46-24-11-4-12-25-46)60-38-34-47-33-37-57-61(39-35-48-32-36-56(60)62(47)63(48)57)66-58-30-15-13-26-54(58)55-27-14-16-31-59(55)66/h1-42H. The van der Waals surface area contributed by atoms with Crippen LogP contribution in [0.2, 0.25) is 0 Å². The number of para-hydroxylation sites is 3. The normalized spacial score (nSPS) is 11.6. The molecule has 0 fully saturated rings. The quantitative estimate of drug-likeness (QED) is 0.138. The van der Waals surface area contributed by atoms with Crippen molar-refractivity contribution in [1.82, 2.24) is 4.57 Å². The Morgan fingerprint density at radius 2 is 0.727 bits per heavy atom. The molecule has 0 amide bonds. The summed E-state index contributed by atoms with van der Waals surface area (Å²) in [5.74, 6) is 0. The van der Waals surface area contributed by atoms with E-state index in [1.54, 1.807) is 0 Å². The molecule has 0 aliphatic rings. The highest BCUT2D eigenvalue weighted by Crippen LogP contribution is 2.51. The fourth-order valence-corrected chi connectivity index (χ4v) is 10.6. The van der Waals surface area contributed by atoms with Crippen molar-refractivity contribution < 1.29 is 0 Å². The molecule has 0 N–H and O–H groups in total. The summed E-state index contributed by atoms with van der Waals surface area (Å²) in [6.07, 6.45) is 0. The molecule has 0 aliphatic heterocycles. The number of fused-ring (bicyclic) bond motifs is 3. The van der Waals surface area contributed by atoms with E-state index in [-0.39, 0.29) is 0 Å².